The molecule has 0 aliphatic rings. The first kappa shape index (κ1) is 14.7. The molecule has 0 amide bonds. The van der Waals surface area contributed by atoms with Gasteiger partial charge in [-0.15, -0.1) is 10.2 Å². The molecule has 0 saturated heterocycles. The number of carbonyl (C=O) groups excluding carboxylic acids is 1. The van der Waals surface area contributed by atoms with Crippen LogP contribution in [0.25, 0.3) is 0 Å². The number of Topliss-reactive ketones (excluding diaryl/α,β-unsaturated/α-hetero) is 1. The number of rotatable bonds is 5. The molecule has 106 valence electrons. The second-order valence-corrected chi connectivity index (χ2v) is 5.91. The molecule has 1 aromatic carbocycles. The van der Waals surface area contributed by atoms with Gasteiger partial charge >= 0.3 is 0 Å². The summed E-state index contributed by atoms with van der Waals surface area (Å²) in [5.41, 5.74) is 1.82. The summed E-state index contributed by atoms with van der Waals surface area (Å²) in [6.45, 7) is 3.67. The largest absolute Gasteiger partial charge is 0.388 e. The van der Waals surface area contributed by atoms with Crippen LogP contribution in [0.1, 0.15) is 28.7 Å². The summed E-state index contributed by atoms with van der Waals surface area (Å²) in [6.07, 6.45) is 0. The van der Waals surface area contributed by atoms with Gasteiger partial charge in [0.2, 0.25) is 0 Å². The Morgan fingerprint density at radius 3 is 2.55 bits per heavy atom. The lowest BCUT2D eigenvalue weighted by molar-refractivity contribution is 0.0994. The summed E-state index contributed by atoms with van der Waals surface area (Å²) < 4.78 is 1.70. The molecule has 6 heteroatoms. The average molecular weight is 291 g/mol. The zero-order chi connectivity index (χ0) is 14.7. The second kappa shape index (κ2) is 6.19. The minimum atomic E-state index is -0.257. The van der Waals surface area contributed by atoms with Crippen molar-refractivity contribution in [2.75, 3.05) is 0 Å². The van der Waals surface area contributed by atoms with Gasteiger partial charge in [0, 0.05) is 12.6 Å². The summed E-state index contributed by atoms with van der Waals surface area (Å²) in [5, 5.41) is 17.3. The number of ketones is 1. The lowest BCUT2D eigenvalue weighted by atomic mass is 10.1. The third-order valence-corrected chi connectivity index (χ3v) is 4.19. The highest BCUT2D eigenvalue weighted by atomic mass is 32.2. The third kappa shape index (κ3) is 3.08. The Hall–Kier alpha value is -1.66. The van der Waals surface area contributed by atoms with E-state index in [2.05, 4.69) is 10.2 Å². The van der Waals surface area contributed by atoms with Gasteiger partial charge in [0.1, 0.15) is 6.61 Å². The molecule has 5 nitrogen and oxygen atoms in total. The lowest BCUT2D eigenvalue weighted by Gasteiger charge is -2.10. The van der Waals surface area contributed by atoms with Gasteiger partial charge in [-0.1, -0.05) is 41.6 Å². The van der Waals surface area contributed by atoms with Crippen LogP contribution in [0, 0.1) is 6.92 Å². The van der Waals surface area contributed by atoms with Gasteiger partial charge in [-0.2, -0.15) is 0 Å². The summed E-state index contributed by atoms with van der Waals surface area (Å²) >= 11 is 1.34. The standard InChI is InChI=1S/C14H17N3O2S/c1-9-4-6-11(7-5-9)13(19)10(2)20-14-16-15-12(8-18)17(14)3/h4-7,10,18H,8H2,1-3H3. The maximum Gasteiger partial charge on any atom is 0.191 e. The van der Waals surface area contributed by atoms with Crippen LogP contribution in [0.5, 0.6) is 0 Å². The van der Waals surface area contributed by atoms with Crippen LogP contribution in [-0.4, -0.2) is 30.9 Å². The van der Waals surface area contributed by atoms with Crippen LogP contribution in [0.15, 0.2) is 29.4 Å². The van der Waals surface area contributed by atoms with Gasteiger partial charge in [0.05, 0.1) is 5.25 Å². The van der Waals surface area contributed by atoms with E-state index in [1.165, 1.54) is 11.8 Å². The minimum absolute atomic E-state index is 0.0588. The molecule has 2 aromatic rings. The van der Waals surface area contributed by atoms with E-state index in [0.29, 0.717) is 16.5 Å². The average Bonchev–Trinajstić information content (AvgIpc) is 2.79. The van der Waals surface area contributed by atoms with Crippen molar-refractivity contribution in [1.82, 2.24) is 14.8 Å². The highest BCUT2D eigenvalue weighted by molar-refractivity contribution is 8.00. The van der Waals surface area contributed by atoms with Gasteiger partial charge in [-0.3, -0.25) is 4.79 Å². The fourth-order valence-electron chi connectivity index (χ4n) is 1.75. The number of aliphatic hydroxyl groups excluding tert-OH is 1. The molecule has 2 rings (SSSR count). The quantitative estimate of drug-likeness (QED) is 0.674. The van der Waals surface area contributed by atoms with E-state index in [1.807, 2.05) is 38.1 Å². The smallest absolute Gasteiger partial charge is 0.191 e. The molecule has 0 radical (unpaired) electrons. The van der Waals surface area contributed by atoms with Crippen molar-refractivity contribution in [1.29, 1.82) is 0 Å². The first-order valence-corrected chi connectivity index (χ1v) is 7.17. The van der Waals surface area contributed by atoms with E-state index in [0.717, 1.165) is 5.56 Å². The normalized spacial score (nSPS) is 12.4. The minimum Gasteiger partial charge on any atom is -0.388 e. The molecule has 1 aromatic heterocycles. The number of hydrogen-bond acceptors (Lipinski definition) is 5. The summed E-state index contributed by atoms with van der Waals surface area (Å²) in [6, 6.07) is 7.53. The fraction of sp³-hybridized carbons (Fsp3) is 0.357. The van der Waals surface area contributed by atoms with Gasteiger partial charge < -0.3 is 9.67 Å². The van der Waals surface area contributed by atoms with Crippen molar-refractivity contribution in [3.63, 3.8) is 0 Å². The van der Waals surface area contributed by atoms with Crippen molar-refractivity contribution in [3.8, 4) is 0 Å². The predicted octanol–water partition coefficient (Wildman–Crippen LogP) is 1.98. The van der Waals surface area contributed by atoms with E-state index < -0.39 is 0 Å². The van der Waals surface area contributed by atoms with Crippen LogP contribution in [0.4, 0.5) is 0 Å². The Morgan fingerprint density at radius 1 is 1.35 bits per heavy atom. The number of hydrogen-bond donors (Lipinski definition) is 1. The van der Waals surface area contributed by atoms with Crippen molar-refractivity contribution in [2.45, 2.75) is 30.9 Å². The molecule has 20 heavy (non-hydrogen) atoms. The third-order valence-electron chi connectivity index (χ3n) is 3.05. The lowest BCUT2D eigenvalue weighted by Crippen LogP contribution is -2.14. The van der Waals surface area contributed by atoms with Gasteiger partial charge in [0.15, 0.2) is 16.8 Å². The van der Waals surface area contributed by atoms with Crippen LogP contribution < -0.4 is 0 Å². The van der Waals surface area contributed by atoms with Crippen molar-refractivity contribution in [3.05, 3.63) is 41.2 Å². The molecule has 1 atom stereocenters. The Kier molecular flexibility index (Phi) is 4.57. The van der Waals surface area contributed by atoms with E-state index >= 15 is 0 Å². The first-order valence-electron chi connectivity index (χ1n) is 6.29. The van der Waals surface area contributed by atoms with Crippen LogP contribution in [0.3, 0.4) is 0 Å². The molecule has 1 N–H and O–H groups in total. The molecule has 0 aliphatic carbocycles. The van der Waals surface area contributed by atoms with Crippen molar-refractivity contribution < 1.29 is 9.90 Å². The molecule has 1 unspecified atom stereocenters. The first-order chi connectivity index (χ1) is 9.52. The van der Waals surface area contributed by atoms with Crippen molar-refractivity contribution >= 4 is 17.5 Å². The van der Waals surface area contributed by atoms with Gasteiger partial charge in [-0.25, -0.2) is 0 Å². The summed E-state index contributed by atoms with van der Waals surface area (Å²) in [7, 11) is 1.77. The number of thioether (sulfide) groups is 1. The highest BCUT2D eigenvalue weighted by Crippen LogP contribution is 2.24. The fourth-order valence-corrected chi connectivity index (χ4v) is 2.66. The van der Waals surface area contributed by atoms with E-state index in [9.17, 15) is 4.79 Å². The van der Waals surface area contributed by atoms with E-state index in [1.54, 1.807) is 11.6 Å². The maximum absolute atomic E-state index is 12.3. The molecular formula is C14H17N3O2S. The van der Waals surface area contributed by atoms with E-state index in [-0.39, 0.29) is 17.6 Å². The number of aryl methyl sites for hydroxylation is 1. The monoisotopic (exact) mass is 291 g/mol. The van der Waals surface area contributed by atoms with Gasteiger partial charge in [-0.05, 0) is 13.8 Å². The number of benzene rings is 1. The highest BCUT2D eigenvalue weighted by Gasteiger charge is 2.19. The number of aliphatic hydroxyl groups is 1. The Bertz CT molecular complexity index is 607. The Morgan fingerprint density at radius 2 is 2.00 bits per heavy atom. The molecule has 0 saturated carbocycles. The maximum atomic E-state index is 12.3. The summed E-state index contributed by atoms with van der Waals surface area (Å²) in [5.74, 6) is 0.547. The zero-order valence-electron chi connectivity index (χ0n) is 11.7. The Labute approximate surface area is 122 Å². The van der Waals surface area contributed by atoms with Crippen LogP contribution >= 0.6 is 11.8 Å². The molecule has 0 spiro atoms. The number of aromatic nitrogens is 3. The molecule has 0 aliphatic heterocycles. The Balaban J connectivity index is 2.11. The van der Waals surface area contributed by atoms with E-state index in [4.69, 9.17) is 5.11 Å². The second-order valence-electron chi connectivity index (χ2n) is 4.61. The van der Waals surface area contributed by atoms with Gasteiger partial charge in [0.25, 0.3) is 0 Å². The topological polar surface area (TPSA) is 68.0 Å². The predicted molar refractivity (Wildman–Crippen MR) is 77.8 cm³/mol. The molecule has 1 heterocycles. The molecule has 0 bridgehead atoms. The zero-order valence-corrected chi connectivity index (χ0v) is 12.5. The molecule has 0 fully saturated rings. The molecular weight excluding hydrogens is 274 g/mol. The number of carbonyl (C=O) groups is 1. The van der Waals surface area contributed by atoms with Crippen molar-refractivity contribution in [2.24, 2.45) is 7.05 Å². The summed E-state index contributed by atoms with van der Waals surface area (Å²) in [4.78, 5) is 12.3. The van der Waals surface area contributed by atoms with Crippen LogP contribution in [-0.2, 0) is 13.7 Å². The SMILES string of the molecule is Cc1ccc(C(=O)C(C)Sc2nnc(CO)n2C)cc1. The van der Waals surface area contributed by atoms with Crippen LogP contribution in [0.2, 0.25) is 0 Å². The number of nitrogens with zero attached hydrogens (tertiary/aromatic N) is 3.